The number of ether oxygens (including phenoxy) is 1. The summed E-state index contributed by atoms with van der Waals surface area (Å²) in [6.07, 6.45) is 4.64. The van der Waals surface area contributed by atoms with Gasteiger partial charge < -0.3 is 14.7 Å². The lowest BCUT2D eigenvalue weighted by Gasteiger charge is -2.12. The largest absolute Gasteiger partial charge is 0.458 e. The van der Waals surface area contributed by atoms with Crippen LogP contribution in [0.1, 0.15) is 18.4 Å². The molecule has 0 bridgehead atoms. The molecule has 0 aliphatic carbocycles. The van der Waals surface area contributed by atoms with Gasteiger partial charge in [-0.05, 0) is 18.4 Å². The number of nitrogens with two attached hydrogens (primary N) is 1. The number of benzene rings is 1. The number of aliphatic imine (C=N–C) groups is 1. The van der Waals surface area contributed by atoms with E-state index in [9.17, 15) is 4.79 Å². The van der Waals surface area contributed by atoms with Crippen LogP contribution in [-0.4, -0.2) is 18.1 Å². The van der Waals surface area contributed by atoms with Gasteiger partial charge in [0.25, 0.3) is 5.78 Å². The first-order valence-corrected chi connectivity index (χ1v) is 7.93. The van der Waals surface area contributed by atoms with Crippen LogP contribution in [0.25, 0.3) is 0 Å². The predicted octanol–water partition coefficient (Wildman–Crippen LogP) is 2.70. The van der Waals surface area contributed by atoms with Crippen LogP contribution < -0.4 is 5.73 Å². The molecular formula is C16H16N2O3S. The van der Waals surface area contributed by atoms with Crippen molar-refractivity contribution in [2.45, 2.75) is 24.7 Å². The third-order valence-electron chi connectivity index (χ3n) is 3.30. The minimum absolute atomic E-state index is 0.0252. The fraction of sp³-hybridized carbons (Fsp3) is 0.250. The van der Waals surface area contributed by atoms with E-state index in [1.165, 1.54) is 0 Å². The third-order valence-corrected chi connectivity index (χ3v) is 4.04. The molecule has 1 unspecified atom stereocenters. The SMILES string of the molecule is NC1=C(OSCc2ccccc2)C(=O)C(C2=CCCC=N2)O1. The van der Waals surface area contributed by atoms with E-state index in [4.69, 9.17) is 14.7 Å². The smallest absolute Gasteiger partial charge is 0.251 e. The molecule has 0 saturated heterocycles. The molecule has 2 aliphatic heterocycles. The van der Waals surface area contributed by atoms with E-state index < -0.39 is 6.10 Å². The number of carbonyl (C=O) groups is 1. The molecule has 22 heavy (non-hydrogen) atoms. The van der Waals surface area contributed by atoms with Crippen molar-refractivity contribution in [1.29, 1.82) is 0 Å². The van der Waals surface area contributed by atoms with Crippen molar-refractivity contribution >= 4 is 24.0 Å². The Labute approximate surface area is 133 Å². The van der Waals surface area contributed by atoms with Crippen LogP contribution in [0.4, 0.5) is 0 Å². The molecule has 0 amide bonds. The van der Waals surface area contributed by atoms with E-state index in [2.05, 4.69) is 4.99 Å². The second kappa shape index (κ2) is 6.70. The van der Waals surface area contributed by atoms with Gasteiger partial charge in [0, 0.05) is 6.21 Å². The molecule has 0 radical (unpaired) electrons. The maximum Gasteiger partial charge on any atom is 0.251 e. The van der Waals surface area contributed by atoms with Crippen LogP contribution in [-0.2, 0) is 19.5 Å². The molecule has 1 aromatic rings. The summed E-state index contributed by atoms with van der Waals surface area (Å²) in [6, 6.07) is 9.84. The van der Waals surface area contributed by atoms with E-state index in [1.54, 1.807) is 6.21 Å². The fourth-order valence-corrected chi connectivity index (χ4v) is 2.85. The second-order valence-electron chi connectivity index (χ2n) is 4.90. The summed E-state index contributed by atoms with van der Waals surface area (Å²) in [4.78, 5) is 16.5. The van der Waals surface area contributed by atoms with Gasteiger partial charge in [-0.25, -0.2) is 0 Å². The van der Waals surface area contributed by atoms with Gasteiger partial charge in [-0.3, -0.25) is 9.79 Å². The number of Topliss-reactive ketones (excluding diaryl/α,β-unsaturated/α-hetero) is 1. The van der Waals surface area contributed by atoms with Gasteiger partial charge in [-0.1, -0.05) is 36.4 Å². The lowest BCUT2D eigenvalue weighted by Crippen LogP contribution is -2.21. The minimum Gasteiger partial charge on any atom is -0.458 e. The minimum atomic E-state index is -0.774. The lowest BCUT2D eigenvalue weighted by atomic mass is 10.1. The topological polar surface area (TPSA) is 73.9 Å². The lowest BCUT2D eigenvalue weighted by molar-refractivity contribution is -0.121. The first-order valence-electron chi connectivity index (χ1n) is 7.02. The van der Waals surface area contributed by atoms with E-state index >= 15 is 0 Å². The number of hydrogen-bond acceptors (Lipinski definition) is 6. The zero-order valence-corrected chi connectivity index (χ0v) is 12.7. The summed E-state index contributed by atoms with van der Waals surface area (Å²) in [5.74, 6) is 0.448. The maximum absolute atomic E-state index is 12.3. The number of rotatable bonds is 5. The Morgan fingerprint density at radius 2 is 2.14 bits per heavy atom. The Kier molecular flexibility index (Phi) is 4.48. The Hall–Kier alpha value is -2.21. The second-order valence-corrected chi connectivity index (χ2v) is 5.60. The van der Waals surface area contributed by atoms with Crippen LogP contribution in [0.5, 0.6) is 0 Å². The number of hydrogen-bond donors (Lipinski definition) is 1. The van der Waals surface area contributed by atoms with Crippen LogP contribution in [0.15, 0.2) is 58.7 Å². The highest BCUT2D eigenvalue weighted by Crippen LogP contribution is 2.29. The van der Waals surface area contributed by atoms with Crippen molar-refractivity contribution in [1.82, 2.24) is 0 Å². The van der Waals surface area contributed by atoms with Gasteiger partial charge in [0.1, 0.15) is 0 Å². The molecule has 1 atom stereocenters. The van der Waals surface area contributed by atoms with E-state index in [0.717, 1.165) is 30.4 Å². The van der Waals surface area contributed by atoms with Crippen LogP contribution >= 0.6 is 12.0 Å². The number of allylic oxidation sites excluding steroid dienone is 1. The van der Waals surface area contributed by atoms with E-state index in [-0.39, 0.29) is 17.4 Å². The summed E-state index contributed by atoms with van der Waals surface area (Å²) in [6.45, 7) is 0. The highest BCUT2D eigenvalue weighted by atomic mass is 32.2. The Morgan fingerprint density at radius 3 is 2.86 bits per heavy atom. The molecule has 114 valence electrons. The number of nitrogens with zero attached hydrogens (tertiary/aromatic N) is 1. The molecule has 2 aliphatic rings. The molecule has 0 fully saturated rings. The fourth-order valence-electron chi connectivity index (χ4n) is 2.19. The summed E-state index contributed by atoms with van der Waals surface area (Å²) in [7, 11) is 0. The molecule has 1 aromatic carbocycles. The van der Waals surface area contributed by atoms with Gasteiger partial charge in [0.15, 0.2) is 0 Å². The molecular weight excluding hydrogens is 300 g/mol. The average molecular weight is 316 g/mol. The van der Waals surface area contributed by atoms with Gasteiger partial charge in [0.05, 0.1) is 23.5 Å². The van der Waals surface area contributed by atoms with Gasteiger partial charge in [0.2, 0.25) is 17.7 Å². The molecule has 6 heteroatoms. The van der Waals surface area contributed by atoms with Gasteiger partial charge in [-0.2, -0.15) is 0 Å². The summed E-state index contributed by atoms with van der Waals surface area (Å²) >= 11 is 1.16. The Balaban J connectivity index is 1.59. The quantitative estimate of drug-likeness (QED) is 0.845. The van der Waals surface area contributed by atoms with Crippen molar-refractivity contribution in [3.05, 3.63) is 59.3 Å². The van der Waals surface area contributed by atoms with Crippen molar-refractivity contribution in [2.75, 3.05) is 0 Å². The first-order chi connectivity index (χ1) is 10.8. The Morgan fingerprint density at radius 1 is 1.32 bits per heavy atom. The standard InChI is InChI=1S/C16H16N2O3S/c17-16-15(21-22-10-11-6-2-1-3-7-11)13(19)14(20-16)12-8-4-5-9-18-12/h1-3,6-9,14H,4-5,10,17H2. The zero-order valence-electron chi connectivity index (χ0n) is 11.9. The molecule has 5 nitrogen and oxygen atoms in total. The predicted molar refractivity (Wildman–Crippen MR) is 85.7 cm³/mol. The first kappa shape index (κ1) is 14.7. The Bertz CT molecular complexity index is 653. The van der Waals surface area contributed by atoms with Crippen LogP contribution in [0.2, 0.25) is 0 Å². The molecule has 2 heterocycles. The summed E-state index contributed by atoms with van der Waals surface area (Å²) in [5, 5.41) is 0. The molecule has 3 rings (SSSR count). The van der Waals surface area contributed by atoms with Crippen molar-refractivity contribution in [2.24, 2.45) is 10.7 Å². The average Bonchev–Trinajstić information content (AvgIpc) is 2.85. The van der Waals surface area contributed by atoms with E-state index in [1.807, 2.05) is 36.4 Å². The number of carbonyl (C=O) groups excluding carboxylic acids is 1. The van der Waals surface area contributed by atoms with Crippen molar-refractivity contribution in [3.63, 3.8) is 0 Å². The van der Waals surface area contributed by atoms with Gasteiger partial charge in [-0.15, -0.1) is 0 Å². The van der Waals surface area contributed by atoms with Crippen molar-refractivity contribution in [3.8, 4) is 0 Å². The normalized spacial score (nSPS) is 20.8. The molecule has 0 saturated carbocycles. The monoisotopic (exact) mass is 316 g/mol. The maximum atomic E-state index is 12.3. The summed E-state index contributed by atoms with van der Waals surface area (Å²) in [5.41, 5.74) is 7.47. The molecule has 0 aromatic heterocycles. The van der Waals surface area contributed by atoms with Crippen LogP contribution in [0, 0.1) is 0 Å². The number of ketones is 1. The van der Waals surface area contributed by atoms with Gasteiger partial charge >= 0.3 is 0 Å². The molecule has 2 N–H and O–H groups in total. The third kappa shape index (κ3) is 3.17. The zero-order chi connectivity index (χ0) is 15.4. The summed E-state index contributed by atoms with van der Waals surface area (Å²) < 4.78 is 10.9. The van der Waals surface area contributed by atoms with Crippen molar-refractivity contribution < 1.29 is 13.7 Å². The van der Waals surface area contributed by atoms with Crippen LogP contribution in [0.3, 0.4) is 0 Å². The highest BCUT2D eigenvalue weighted by Gasteiger charge is 2.39. The van der Waals surface area contributed by atoms with E-state index in [0.29, 0.717) is 11.4 Å². The highest BCUT2D eigenvalue weighted by molar-refractivity contribution is 7.94. The molecule has 0 spiro atoms.